The van der Waals surface area contributed by atoms with Crippen LogP contribution in [0.2, 0.25) is 0 Å². The van der Waals surface area contributed by atoms with Gasteiger partial charge in [-0.2, -0.15) is 0 Å². The van der Waals surface area contributed by atoms with Crippen molar-refractivity contribution >= 4 is 0 Å². The highest BCUT2D eigenvalue weighted by atomic mass is 16.7. The lowest BCUT2D eigenvalue weighted by atomic mass is 9.61. The Balaban J connectivity index is 1.71. The minimum absolute atomic E-state index is 0.240. The highest BCUT2D eigenvalue weighted by Crippen LogP contribution is 2.55. The fourth-order valence-electron chi connectivity index (χ4n) is 5.00. The number of hydrogen-bond acceptors (Lipinski definition) is 5. The first-order chi connectivity index (χ1) is 10.2. The number of hydrogen-bond donors (Lipinski definition) is 2. The third kappa shape index (κ3) is 1.42. The molecular weight excluding hydrogens is 270 g/mol. The monoisotopic (exact) mass is 289 g/mol. The molecule has 21 heavy (non-hydrogen) atoms. The number of aliphatic hydroxyl groups excluding tert-OH is 2. The predicted molar refractivity (Wildman–Crippen MR) is 74.3 cm³/mol. The first-order valence-corrected chi connectivity index (χ1v) is 7.71. The van der Waals surface area contributed by atoms with E-state index in [0.717, 1.165) is 37.4 Å². The Morgan fingerprint density at radius 1 is 1.14 bits per heavy atom. The van der Waals surface area contributed by atoms with Gasteiger partial charge >= 0.3 is 0 Å². The molecule has 0 spiro atoms. The molecule has 4 aliphatic rings. The second kappa shape index (κ2) is 3.91. The van der Waals surface area contributed by atoms with Crippen LogP contribution in [-0.2, 0) is 12.0 Å². The van der Waals surface area contributed by atoms with Crippen molar-refractivity contribution in [3.8, 4) is 11.5 Å². The Bertz CT molecular complexity index is 619. The lowest BCUT2D eigenvalue weighted by molar-refractivity contribution is -0.0500. The molecule has 1 saturated heterocycles. The third-order valence-corrected chi connectivity index (χ3v) is 5.91. The number of ether oxygens (including phenoxy) is 2. The van der Waals surface area contributed by atoms with E-state index in [4.69, 9.17) is 9.47 Å². The van der Waals surface area contributed by atoms with Crippen molar-refractivity contribution in [2.24, 2.45) is 0 Å². The van der Waals surface area contributed by atoms with Gasteiger partial charge in [-0.05, 0) is 42.6 Å². The van der Waals surface area contributed by atoms with Crippen LogP contribution in [0.15, 0.2) is 12.1 Å². The fraction of sp³-hybridized carbons (Fsp3) is 0.625. The molecule has 112 valence electrons. The number of benzene rings is 1. The zero-order valence-electron chi connectivity index (χ0n) is 11.8. The van der Waals surface area contributed by atoms with Gasteiger partial charge in [0, 0.05) is 24.4 Å². The smallest absolute Gasteiger partial charge is 0.231 e. The Morgan fingerprint density at radius 3 is 2.81 bits per heavy atom. The summed E-state index contributed by atoms with van der Waals surface area (Å²) in [6, 6.07) is 4.39. The minimum atomic E-state index is -0.490. The van der Waals surface area contributed by atoms with E-state index in [2.05, 4.69) is 17.0 Å². The largest absolute Gasteiger partial charge is 0.454 e. The van der Waals surface area contributed by atoms with Gasteiger partial charge < -0.3 is 19.7 Å². The molecule has 5 heteroatoms. The molecule has 5 rings (SSSR count). The molecule has 5 atom stereocenters. The SMILES string of the molecule is OC1CC(O)[C@@]23CCN(Cc4cc5c(cc42)OCO5)[C@@H]3C1. The van der Waals surface area contributed by atoms with Crippen molar-refractivity contribution in [2.45, 2.75) is 49.5 Å². The lowest BCUT2D eigenvalue weighted by Crippen LogP contribution is -2.58. The second-order valence-corrected chi connectivity index (χ2v) is 6.78. The number of rotatable bonds is 0. The predicted octanol–water partition coefficient (Wildman–Crippen LogP) is 0.757. The van der Waals surface area contributed by atoms with Crippen LogP contribution >= 0.6 is 0 Å². The number of fused-ring (bicyclic) bond motifs is 2. The number of aliphatic hydroxyl groups is 2. The fourth-order valence-corrected chi connectivity index (χ4v) is 5.00. The summed E-state index contributed by atoms with van der Waals surface area (Å²) in [5.74, 6) is 1.61. The molecule has 1 saturated carbocycles. The maximum Gasteiger partial charge on any atom is 0.231 e. The van der Waals surface area contributed by atoms with Crippen LogP contribution in [0, 0.1) is 0 Å². The average Bonchev–Trinajstić information content (AvgIpc) is 3.00. The summed E-state index contributed by atoms with van der Waals surface area (Å²) in [6.07, 6.45) is 1.30. The molecular formula is C16H19NO4. The van der Waals surface area contributed by atoms with Gasteiger partial charge in [0.05, 0.1) is 12.2 Å². The summed E-state index contributed by atoms with van der Waals surface area (Å²) in [7, 11) is 0. The molecule has 3 aliphatic heterocycles. The summed E-state index contributed by atoms with van der Waals surface area (Å²) in [5, 5.41) is 20.8. The van der Waals surface area contributed by atoms with Gasteiger partial charge in [-0.3, -0.25) is 4.90 Å². The molecule has 2 fully saturated rings. The first kappa shape index (κ1) is 12.3. The van der Waals surface area contributed by atoms with Gasteiger partial charge in [-0.15, -0.1) is 0 Å². The van der Waals surface area contributed by atoms with Crippen molar-refractivity contribution < 1.29 is 19.7 Å². The van der Waals surface area contributed by atoms with Gasteiger partial charge in [0.25, 0.3) is 0 Å². The van der Waals surface area contributed by atoms with E-state index in [9.17, 15) is 10.2 Å². The minimum Gasteiger partial charge on any atom is -0.454 e. The van der Waals surface area contributed by atoms with Crippen LogP contribution in [0.25, 0.3) is 0 Å². The van der Waals surface area contributed by atoms with Gasteiger partial charge in [0.1, 0.15) is 0 Å². The summed E-state index contributed by atoms with van der Waals surface area (Å²) in [5.41, 5.74) is 2.21. The van der Waals surface area contributed by atoms with Crippen LogP contribution < -0.4 is 9.47 Å². The van der Waals surface area contributed by atoms with Crippen LogP contribution in [0.1, 0.15) is 30.4 Å². The highest BCUT2D eigenvalue weighted by Gasteiger charge is 2.59. The van der Waals surface area contributed by atoms with Gasteiger partial charge in [0.15, 0.2) is 11.5 Å². The van der Waals surface area contributed by atoms with Crippen LogP contribution in [-0.4, -0.2) is 46.7 Å². The van der Waals surface area contributed by atoms with Crippen molar-refractivity contribution in [1.29, 1.82) is 0 Å². The first-order valence-electron chi connectivity index (χ1n) is 7.71. The molecule has 2 N–H and O–H groups in total. The summed E-state index contributed by atoms with van der Waals surface area (Å²) >= 11 is 0. The zero-order chi connectivity index (χ0) is 14.2. The average molecular weight is 289 g/mol. The maximum absolute atomic E-state index is 10.8. The van der Waals surface area contributed by atoms with E-state index in [0.29, 0.717) is 6.42 Å². The molecule has 1 aliphatic carbocycles. The highest BCUT2D eigenvalue weighted by molar-refractivity contribution is 5.54. The quantitative estimate of drug-likeness (QED) is 0.738. The summed E-state index contributed by atoms with van der Waals surface area (Å²) in [6.45, 7) is 2.13. The molecule has 1 aromatic rings. The van der Waals surface area contributed by atoms with Crippen LogP contribution in [0.3, 0.4) is 0 Å². The summed E-state index contributed by atoms with van der Waals surface area (Å²) < 4.78 is 11.0. The molecule has 1 aromatic carbocycles. The van der Waals surface area contributed by atoms with Crippen molar-refractivity contribution in [3.63, 3.8) is 0 Å². The molecule has 0 amide bonds. The normalized spacial score (nSPS) is 42.6. The molecule has 3 unspecified atom stereocenters. The topological polar surface area (TPSA) is 62.2 Å². The Labute approximate surface area is 123 Å². The molecule has 2 bridgehead atoms. The molecule has 5 nitrogen and oxygen atoms in total. The van der Waals surface area contributed by atoms with E-state index in [1.165, 1.54) is 11.1 Å². The van der Waals surface area contributed by atoms with Gasteiger partial charge in [-0.25, -0.2) is 0 Å². The molecule has 0 radical (unpaired) electrons. The second-order valence-electron chi connectivity index (χ2n) is 6.78. The van der Waals surface area contributed by atoms with E-state index in [1.807, 2.05) is 0 Å². The Morgan fingerprint density at radius 2 is 1.95 bits per heavy atom. The molecule has 3 heterocycles. The van der Waals surface area contributed by atoms with Crippen molar-refractivity contribution in [3.05, 3.63) is 23.3 Å². The van der Waals surface area contributed by atoms with Gasteiger partial charge in [0.2, 0.25) is 6.79 Å². The maximum atomic E-state index is 10.8. The Kier molecular flexibility index (Phi) is 2.28. The Hall–Kier alpha value is -1.30. The van der Waals surface area contributed by atoms with Crippen molar-refractivity contribution in [1.82, 2.24) is 4.90 Å². The van der Waals surface area contributed by atoms with Crippen LogP contribution in [0.4, 0.5) is 0 Å². The number of nitrogens with zero attached hydrogens (tertiary/aromatic N) is 1. The van der Waals surface area contributed by atoms with Gasteiger partial charge in [-0.1, -0.05) is 0 Å². The summed E-state index contributed by atoms with van der Waals surface area (Å²) in [4.78, 5) is 2.41. The third-order valence-electron chi connectivity index (χ3n) is 5.91. The van der Waals surface area contributed by atoms with E-state index >= 15 is 0 Å². The molecule has 0 aromatic heterocycles. The standard InChI is InChI=1S/C16H19NO4/c18-10-4-14-16(15(19)5-10)1-2-17(14)7-9-3-12-13(6-11(9)16)21-8-20-12/h3,6,10,14-15,18-19H,1-2,4-5,7-8H2/t10?,14-,15?,16+/m1/s1. The van der Waals surface area contributed by atoms with Crippen LogP contribution in [0.5, 0.6) is 11.5 Å². The van der Waals surface area contributed by atoms with E-state index in [1.54, 1.807) is 0 Å². The zero-order valence-corrected chi connectivity index (χ0v) is 11.8. The van der Waals surface area contributed by atoms with E-state index < -0.39 is 12.2 Å². The van der Waals surface area contributed by atoms with E-state index in [-0.39, 0.29) is 18.2 Å². The lowest BCUT2D eigenvalue weighted by Gasteiger charge is -2.50. The van der Waals surface area contributed by atoms with Crippen molar-refractivity contribution in [2.75, 3.05) is 13.3 Å².